The molecule has 0 saturated carbocycles. The summed E-state index contributed by atoms with van der Waals surface area (Å²) in [5.74, 6) is 1.28. The second-order valence-electron chi connectivity index (χ2n) is 5.92. The van der Waals surface area contributed by atoms with Crippen LogP contribution in [0.1, 0.15) is 5.56 Å². The van der Waals surface area contributed by atoms with Crippen LogP contribution in [0.25, 0.3) is 0 Å². The van der Waals surface area contributed by atoms with Crippen LogP contribution in [-0.2, 0) is 11.3 Å². The van der Waals surface area contributed by atoms with E-state index in [-0.39, 0.29) is 0 Å². The summed E-state index contributed by atoms with van der Waals surface area (Å²) >= 11 is 0. The van der Waals surface area contributed by atoms with Crippen molar-refractivity contribution in [1.29, 1.82) is 0 Å². The van der Waals surface area contributed by atoms with Gasteiger partial charge in [-0.25, -0.2) is 4.98 Å². The summed E-state index contributed by atoms with van der Waals surface area (Å²) in [7, 11) is 3.86. The molecule has 0 amide bonds. The molecule has 0 N–H and O–H groups in total. The smallest absolute Gasteiger partial charge is 0.212 e. The molecule has 5 heteroatoms. The molecule has 3 rings (SSSR count). The Labute approximate surface area is 120 Å². The number of hydrogen-bond donors (Lipinski definition) is 0. The van der Waals surface area contributed by atoms with E-state index >= 15 is 0 Å². The van der Waals surface area contributed by atoms with Crippen LogP contribution in [0.3, 0.4) is 0 Å². The van der Waals surface area contributed by atoms with Crippen molar-refractivity contribution in [2.24, 2.45) is 5.92 Å². The average molecular weight is 277 g/mol. The highest BCUT2D eigenvalue weighted by Crippen LogP contribution is 2.21. The van der Waals surface area contributed by atoms with E-state index < -0.39 is 0 Å². The molecule has 2 fully saturated rings. The fourth-order valence-corrected chi connectivity index (χ4v) is 3.22. The number of likely N-dealkylation sites (N-methyl/N-ethyl adjacent to an activating group) is 1. The average Bonchev–Trinajstić information content (AvgIpc) is 2.69. The van der Waals surface area contributed by atoms with E-state index in [0.29, 0.717) is 17.8 Å². The number of nitrogens with zero attached hydrogens (tertiary/aromatic N) is 3. The van der Waals surface area contributed by atoms with Crippen LogP contribution in [0, 0.1) is 5.92 Å². The zero-order chi connectivity index (χ0) is 13.9. The zero-order valence-electron chi connectivity index (χ0n) is 12.3. The van der Waals surface area contributed by atoms with E-state index in [2.05, 4.69) is 27.9 Å². The quantitative estimate of drug-likeness (QED) is 0.819. The predicted molar refractivity (Wildman–Crippen MR) is 76.8 cm³/mol. The van der Waals surface area contributed by atoms with E-state index in [1.54, 1.807) is 7.11 Å². The number of aromatic nitrogens is 1. The summed E-state index contributed by atoms with van der Waals surface area (Å²) in [6, 6.07) is 4.52. The molecule has 2 atom stereocenters. The van der Waals surface area contributed by atoms with Crippen molar-refractivity contribution >= 4 is 0 Å². The number of pyridine rings is 1. The molecule has 5 nitrogen and oxygen atoms in total. The van der Waals surface area contributed by atoms with Crippen molar-refractivity contribution in [3.63, 3.8) is 0 Å². The van der Waals surface area contributed by atoms with Gasteiger partial charge in [0, 0.05) is 50.4 Å². The molecular formula is C15H23N3O2. The van der Waals surface area contributed by atoms with Gasteiger partial charge in [-0.15, -0.1) is 0 Å². The van der Waals surface area contributed by atoms with E-state index in [9.17, 15) is 0 Å². The first-order valence-electron chi connectivity index (χ1n) is 7.24. The Kier molecular flexibility index (Phi) is 4.19. The van der Waals surface area contributed by atoms with E-state index in [4.69, 9.17) is 9.47 Å². The molecule has 2 bridgehead atoms. The Balaban J connectivity index is 1.71. The number of hydrogen-bond acceptors (Lipinski definition) is 5. The normalized spacial score (nSPS) is 28.1. The summed E-state index contributed by atoms with van der Waals surface area (Å²) in [6.07, 6.45) is 1.91. The van der Waals surface area contributed by atoms with Crippen LogP contribution in [-0.4, -0.2) is 67.8 Å². The lowest BCUT2D eigenvalue weighted by Crippen LogP contribution is -2.42. The van der Waals surface area contributed by atoms with Gasteiger partial charge in [0.15, 0.2) is 0 Å². The van der Waals surface area contributed by atoms with Crippen molar-refractivity contribution in [3.05, 3.63) is 23.9 Å². The predicted octanol–water partition coefficient (Wildman–Crippen LogP) is 0.853. The second kappa shape index (κ2) is 6.08. The number of methoxy groups -OCH3 is 1. The summed E-state index contributed by atoms with van der Waals surface area (Å²) in [5.41, 5.74) is 1.24. The first-order valence-corrected chi connectivity index (χ1v) is 7.24. The first kappa shape index (κ1) is 13.8. The van der Waals surface area contributed by atoms with Crippen molar-refractivity contribution in [1.82, 2.24) is 14.8 Å². The van der Waals surface area contributed by atoms with E-state index in [1.165, 1.54) is 5.56 Å². The largest absolute Gasteiger partial charge is 0.481 e. The molecule has 0 aliphatic carbocycles. The van der Waals surface area contributed by atoms with Crippen LogP contribution < -0.4 is 4.74 Å². The van der Waals surface area contributed by atoms with Crippen LogP contribution in [0.15, 0.2) is 18.3 Å². The molecular weight excluding hydrogens is 254 g/mol. The van der Waals surface area contributed by atoms with Crippen molar-refractivity contribution in [3.8, 4) is 5.88 Å². The minimum absolute atomic E-state index is 0.481. The fourth-order valence-electron chi connectivity index (χ4n) is 3.22. The van der Waals surface area contributed by atoms with Gasteiger partial charge in [-0.3, -0.25) is 4.90 Å². The number of fused-ring (bicyclic) bond motifs is 3. The van der Waals surface area contributed by atoms with Crippen LogP contribution >= 0.6 is 0 Å². The minimum atomic E-state index is 0.481. The topological polar surface area (TPSA) is 37.8 Å². The highest BCUT2D eigenvalue weighted by molar-refractivity contribution is 5.17. The molecule has 1 aromatic rings. The Morgan fingerprint density at radius 2 is 2.20 bits per heavy atom. The lowest BCUT2D eigenvalue weighted by molar-refractivity contribution is 0.0561. The van der Waals surface area contributed by atoms with E-state index in [0.717, 1.165) is 39.4 Å². The van der Waals surface area contributed by atoms with Gasteiger partial charge >= 0.3 is 0 Å². The van der Waals surface area contributed by atoms with E-state index in [1.807, 2.05) is 12.3 Å². The van der Waals surface area contributed by atoms with Crippen LogP contribution in [0.2, 0.25) is 0 Å². The van der Waals surface area contributed by atoms with Gasteiger partial charge in [-0.1, -0.05) is 6.07 Å². The molecule has 0 aromatic carbocycles. The van der Waals surface area contributed by atoms with Crippen LogP contribution in [0.5, 0.6) is 5.88 Å². The van der Waals surface area contributed by atoms with Gasteiger partial charge in [0.1, 0.15) is 0 Å². The first-order chi connectivity index (χ1) is 9.74. The molecule has 2 saturated heterocycles. The fraction of sp³-hybridized carbons (Fsp3) is 0.667. The maximum Gasteiger partial charge on any atom is 0.212 e. The number of ether oxygens (including phenoxy) is 2. The van der Waals surface area contributed by atoms with Gasteiger partial charge < -0.3 is 14.4 Å². The Morgan fingerprint density at radius 1 is 1.30 bits per heavy atom. The zero-order valence-corrected chi connectivity index (χ0v) is 12.3. The molecule has 0 radical (unpaired) electrons. The second-order valence-corrected chi connectivity index (χ2v) is 5.92. The number of rotatable bonds is 3. The highest BCUT2D eigenvalue weighted by Gasteiger charge is 2.31. The summed E-state index contributed by atoms with van der Waals surface area (Å²) in [5, 5.41) is 0. The molecule has 0 spiro atoms. The Hall–Kier alpha value is -1.17. The molecule has 1 aromatic heterocycles. The Morgan fingerprint density at radius 3 is 2.95 bits per heavy atom. The van der Waals surface area contributed by atoms with Gasteiger partial charge in [-0.2, -0.15) is 0 Å². The van der Waals surface area contributed by atoms with Crippen molar-refractivity contribution in [2.75, 3.05) is 47.0 Å². The van der Waals surface area contributed by atoms with Gasteiger partial charge in [0.05, 0.1) is 20.3 Å². The SMILES string of the molecule is COc1ccc(CN2C[C@H]3COC[C@@H]2CN(C)C3)cn1. The monoisotopic (exact) mass is 277 g/mol. The highest BCUT2D eigenvalue weighted by atomic mass is 16.5. The van der Waals surface area contributed by atoms with Gasteiger partial charge in [-0.05, 0) is 12.6 Å². The molecule has 110 valence electrons. The van der Waals surface area contributed by atoms with Crippen LogP contribution in [0.4, 0.5) is 0 Å². The van der Waals surface area contributed by atoms with Crippen molar-refractivity contribution in [2.45, 2.75) is 12.6 Å². The van der Waals surface area contributed by atoms with Gasteiger partial charge in [0.25, 0.3) is 0 Å². The summed E-state index contributed by atoms with van der Waals surface area (Å²) < 4.78 is 10.9. The standard InChI is InChI=1S/C15H23N3O2/c1-17-6-13-8-18(14(9-17)11-20-10-13)7-12-3-4-15(19-2)16-5-12/h3-5,13-14H,6-11H2,1-2H3/t13-,14-/m0/s1. The lowest BCUT2D eigenvalue weighted by atomic mass is 10.1. The third-order valence-corrected chi connectivity index (χ3v) is 4.16. The summed E-state index contributed by atoms with van der Waals surface area (Å²) in [6.45, 7) is 5.99. The Bertz CT molecular complexity index is 437. The molecule has 20 heavy (non-hydrogen) atoms. The van der Waals surface area contributed by atoms with Crippen molar-refractivity contribution < 1.29 is 9.47 Å². The third-order valence-electron chi connectivity index (χ3n) is 4.16. The maximum atomic E-state index is 5.81. The molecule has 2 aliphatic heterocycles. The lowest BCUT2D eigenvalue weighted by Gasteiger charge is -2.29. The van der Waals surface area contributed by atoms with Gasteiger partial charge in [0.2, 0.25) is 5.88 Å². The third kappa shape index (κ3) is 3.11. The summed E-state index contributed by atoms with van der Waals surface area (Å²) in [4.78, 5) is 9.28. The maximum absolute atomic E-state index is 5.81. The molecule has 2 aliphatic rings. The molecule has 3 heterocycles. The minimum Gasteiger partial charge on any atom is -0.481 e. The molecule has 0 unspecified atom stereocenters.